The van der Waals surface area contributed by atoms with Gasteiger partial charge in [-0.05, 0) is 13.3 Å². The highest BCUT2D eigenvalue weighted by atomic mass is 32.3. The van der Waals surface area contributed by atoms with Gasteiger partial charge < -0.3 is 6.15 Å². The van der Waals surface area contributed by atoms with E-state index in [2.05, 4.69) is 11.1 Å². The molecule has 0 bridgehead atoms. The predicted molar refractivity (Wildman–Crippen MR) is 83.4 cm³/mol. The zero-order valence-electron chi connectivity index (χ0n) is 13.2. The van der Waals surface area contributed by atoms with Crippen molar-refractivity contribution in [3.8, 4) is 0 Å². The molecule has 0 fully saturated rings. The summed E-state index contributed by atoms with van der Waals surface area (Å²) < 4.78 is 31.3. The molecule has 0 amide bonds. The lowest BCUT2D eigenvalue weighted by Gasteiger charge is -2.04. The fourth-order valence-electron chi connectivity index (χ4n) is 1.93. The molecule has 0 atom stereocenters. The van der Waals surface area contributed by atoms with Gasteiger partial charge in [0.15, 0.2) is 0 Å². The lowest BCUT2D eigenvalue weighted by Crippen LogP contribution is -2.10. The Morgan fingerprint density at radius 2 is 1.15 bits per heavy atom. The van der Waals surface area contributed by atoms with Gasteiger partial charge in [0.2, 0.25) is 0 Å². The SMILES string of the molecule is CCCCCCCCCCCCOS(=O)(=O)OCC.N. The van der Waals surface area contributed by atoms with Crippen molar-refractivity contribution >= 4 is 10.4 Å². The third-order valence-corrected chi connectivity index (χ3v) is 3.97. The molecule has 0 aliphatic heterocycles. The minimum Gasteiger partial charge on any atom is -0.344 e. The molecule has 0 aromatic rings. The quantitative estimate of drug-likeness (QED) is 0.481. The van der Waals surface area contributed by atoms with E-state index < -0.39 is 10.4 Å². The largest absolute Gasteiger partial charge is 0.399 e. The summed E-state index contributed by atoms with van der Waals surface area (Å²) >= 11 is 0. The monoisotopic (exact) mass is 311 g/mol. The molecule has 0 radical (unpaired) electrons. The van der Waals surface area contributed by atoms with E-state index >= 15 is 0 Å². The van der Waals surface area contributed by atoms with Crippen molar-refractivity contribution in [1.29, 1.82) is 0 Å². The summed E-state index contributed by atoms with van der Waals surface area (Å²) in [6.45, 7) is 4.22. The molecule has 0 heterocycles. The van der Waals surface area contributed by atoms with Crippen molar-refractivity contribution in [3.63, 3.8) is 0 Å². The van der Waals surface area contributed by atoms with Crippen LogP contribution in [0.2, 0.25) is 0 Å². The van der Waals surface area contributed by atoms with E-state index in [1.54, 1.807) is 6.92 Å². The van der Waals surface area contributed by atoms with Crippen LogP contribution in [0.3, 0.4) is 0 Å². The molecule has 0 saturated heterocycles. The Morgan fingerprint density at radius 3 is 1.60 bits per heavy atom. The Labute approximate surface area is 125 Å². The summed E-state index contributed by atoms with van der Waals surface area (Å²) in [6, 6.07) is 0. The molecule has 0 aromatic carbocycles. The fourth-order valence-corrected chi connectivity index (χ4v) is 2.61. The molecule has 0 rings (SSSR count). The first-order valence-electron chi connectivity index (χ1n) is 7.66. The van der Waals surface area contributed by atoms with E-state index in [1.165, 1.54) is 44.9 Å². The number of hydrogen-bond acceptors (Lipinski definition) is 5. The van der Waals surface area contributed by atoms with Crippen molar-refractivity contribution in [2.45, 2.75) is 78.1 Å². The highest BCUT2D eigenvalue weighted by Gasteiger charge is 2.09. The maximum atomic E-state index is 11.0. The molecule has 0 saturated carbocycles. The molecule has 3 N–H and O–H groups in total. The molecule has 0 aliphatic carbocycles. The highest BCUT2D eigenvalue weighted by molar-refractivity contribution is 7.81. The summed E-state index contributed by atoms with van der Waals surface area (Å²) in [6.07, 6.45) is 12.2. The van der Waals surface area contributed by atoms with Crippen molar-refractivity contribution < 1.29 is 16.8 Å². The van der Waals surface area contributed by atoms with E-state index in [4.69, 9.17) is 4.18 Å². The fraction of sp³-hybridized carbons (Fsp3) is 1.00. The summed E-state index contributed by atoms with van der Waals surface area (Å²) in [7, 11) is -3.74. The van der Waals surface area contributed by atoms with Gasteiger partial charge in [-0.15, -0.1) is 0 Å². The predicted octanol–water partition coefficient (Wildman–Crippen LogP) is 4.37. The highest BCUT2D eigenvalue weighted by Crippen LogP contribution is 2.10. The topological polar surface area (TPSA) is 87.6 Å². The van der Waals surface area contributed by atoms with Crippen LogP contribution in [0, 0.1) is 0 Å². The second-order valence-corrected chi connectivity index (χ2v) is 6.11. The Kier molecular flexibility index (Phi) is 16.8. The molecule has 0 unspecified atom stereocenters. The number of hydrogen-bond donors (Lipinski definition) is 1. The number of unbranched alkanes of at least 4 members (excludes halogenated alkanes) is 9. The van der Waals surface area contributed by atoms with Gasteiger partial charge in [-0.1, -0.05) is 64.7 Å². The molecular formula is C14H33NO4S. The lowest BCUT2D eigenvalue weighted by atomic mass is 10.1. The third kappa shape index (κ3) is 15.9. The van der Waals surface area contributed by atoms with E-state index in [1.807, 2.05) is 0 Å². The Balaban J connectivity index is 0. The van der Waals surface area contributed by atoms with Crippen molar-refractivity contribution in [1.82, 2.24) is 6.15 Å². The van der Waals surface area contributed by atoms with Gasteiger partial charge in [-0.25, -0.2) is 8.37 Å². The van der Waals surface area contributed by atoms with E-state index in [0.717, 1.165) is 19.3 Å². The van der Waals surface area contributed by atoms with Gasteiger partial charge >= 0.3 is 10.4 Å². The van der Waals surface area contributed by atoms with E-state index in [0.29, 0.717) is 0 Å². The minimum atomic E-state index is -3.74. The van der Waals surface area contributed by atoms with Crippen molar-refractivity contribution in [2.24, 2.45) is 0 Å². The van der Waals surface area contributed by atoms with Crippen LogP contribution in [0.1, 0.15) is 78.1 Å². The van der Waals surface area contributed by atoms with Crippen molar-refractivity contribution in [3.05, 3.63) is 0 Å². The van der Waals surface area contributed by atoms with Gasteiger partial charge in [-0.3, -0.25) is 0 Å². The molecule has 0 spiro atoms. The van der Waals surface area contributed by atoms with E-state index in [9.17, 15) is 8.42 Å². The molecule has 0 aliphatic rings. The zero-order chi connectivity index (χ0) is 14.4. The van der Waals surface area contributed by atoms with Crippen LogP contribution in [-0.2, 0) is 18.8 Å². The summed E-state index contributed by atoms with van der Waals surface area (Å²) in [4.78, 5) is 0. The maximum absolute atomic E-state index is 11.0. The van der Waals surface area contributed by atoms with Crippen molar-refractivity contribution in [2.75, 3.05) is 13.2 Å². The van der Waals surface area contributed by atoms with Crippen LogP contribution in [0.15, 0.2) is 0 Å². The normalized spacial score (nSPS) is 11.3. The van der Waals surface area contributed by atoms with Gasteiger partial charge in [0.25, 0.3) is 0 Å². The minimum absolute atomic E-state index is 0. The zero-order valence-corrected chi connectivity index (χ0v) is 14.1. The Hall–Kier alpha value is -0.170. The molecule has 124 valence electrons. The first kappa shape index (κ1) is 22.1. The van der Waals surface area contributed by atoms with Gasteiger partial charge in [0, 0.05) is 0 Å². The van der Waals surface area contributed by atoms with Crippen LogP contribution < -0.4 is 6.15 Å². The van der Waals surface area contributed by atoms with Crippen LogP contribution in [0.25, 0.3) is 0 Å². The lowest BCUT2D eigenvalue weighted by molar-refractivity contribution is 0.218. The summed E-state index contributed by atoms with van der Waals surface area (Å²) in [5, 5.41) is 0. The van der Waals surface area contributed by atoms with Gasteiger partial charge in [-0.2, -0.15) is 8.42 Å². The van der Waals surface area contributed by atoms with Crippen LogP contribution in [0.5, 0.6) is 0 Å². The van der Waals surface area contributed by atoms with Gasteiger partial charge in [0.05, 0.1) is 13.2 Å². The first-order valence-corrected chi connectivity index (χ1v) is 8.99. The van der Waals surface area contributed by atoms with Crippen LogP contribution in [-0.4, -0.2) is 21.6 Å². The first-order chi connectivity index (χ1) is 9.12. The molecule has 5 nitrogen and oxygen atoms in total. The molecule has 0 aromatic heterocycles. The second-order valence-electron chi connectivity index (χ2n) is 4.82. The van der Waals surface area contributed by atoms with E-state index in [-0.39, 0.29) is 19.4 Å². The summed E-state index contributed by atoms with van der Waals surface area (Å²) in [5.41, 5.74) is 0. The summed E-state index contributed by atoms with van der Waals surface area (Å²) in [5.74, 6) is 0. The average molecular weight is 311 g/mol. The molecular weight excluding hydrogens is 278 g/mol. The average Bonchev–Trinajstić information content (AvgIpc) is 2.36. The maximum Gasteiger partial charge on any atom is 0.399 e. The molecule has 6 heteroatoms. The smallest absolute Gasteiger partial charge is 0.344 e. The molecule has 20 heavy (non-hydrogen) atoms. The number of rotatable bonds is 14. The Morgan fingerprint density at radius 1 is 0.700 bits per heavy atom. The van der Waals surface area contributed by atoms with Crippen LogP contribution >= 0.6 is 0 Å². The van der Waals surface area contributed by atoms with Crippen LogP contribution in [0.4, 0.5) is 0 Å². The van der Waals surface area contributed by atoms with Gasteiger partial charge in [0.1, 0.15) is 0 Å². The second kappa shape index (κ2) is 15.2. The third-order valence-electron chi connectivity index (χ3n) is 2.99. The Bertz CT molecular complexity index is 281. The standard InChI is InChI=1S/C14H30O4S.H3N/c1-3-5-6-7-8-9-10-11-12-13-14-18-19(15,16)17-4-2;/h3-14H2,1-2H3;1H3.